The Hall–Kier alpha value is -2.34. The van der Waals surface area contributed by atoms with Crippen LogP contribution in [0.1, 0.15) is 49.4 Å². The van der Waals surface area contributed by atoms with Crippen LogP contribution in [0.2, 0.25) is 0 Å². The van der Waals surface area contributed by atoms with Crippen molar-refractivity contribution in [2.75, 3.05) is 10.6 Å². The van der Waals surface area contributed by atoms with E-state index in [1.54, 1.807) is 11.3 Å². The minimum atomic E-state index is -0.296. The van der Waals surface area contributed by atoms with Gasteiger partial charge in [0.2, 0.25) is 5.91 Å². The molecule has 0 radical (unpaired) electrons. The molecule has 0 atom stereocenters. The van der Waals surface area contributed by atoms with Crippen LogP contribution in [-0.2, 0) is 16.8 Å². The number of carbonyl (C=O) groups is 2. The first-order valence-corrected chi connectivity index (χ1v) is 9.55. The van der Waals surface area contributed by atoms with E-state index in [9.17, 15) is 9.59 Å². The predicted molar refractivity (Wildman–Crippen MR) is 109 cm³/mol. The van der Waals surface area contributed by atoms with Crippen LogP contribution < -0.4 is 16.0 Å². The number of urea groups is 1. The minimum Gasteiger partial charge on any atom is -0.351 e. The number of benzene rings is 1. The zero-order chi connectivity index (χ0) is 19.3. The van der Waals surface area contributed by atoms with Gasteiger partial charge < -0.3 is 16.0 Å². The van der Waals surface area contributed by atoms with Crippen LogP contribution in [0.4, 0.5) is 16.2 Å². The molecule has 140 valence electrons. The standard InChI is InChI=1S/C20H27N3O2S/c1-6-18(24)21-12-16-15(11-17(26-16)20(3,4)5)23-19(25)22-14-9-7-13(2)8-10-14/h7-11H,6,12H2,1-5H3,(H,21,24)(H2,22,23,25). The highest BCUT2D eigenvalue weighted by Crippen LogP contribution is 2.35. The van der Waals surface area contributed by atoms with Crippen molar-refractivity contribution in [2.45, 2.75) is 53.0 Å². The molecule has 2 rings (SSSR count). The van der Waals surface area contributed by atoms with Gasteiger partial charge in [-0.15, -0.1) is 11.3 Å². The van der Waals surface area contributed by atoms with Crippen molar-refractivity contribution in [1.29, 1.82) is 0 Å². The van der Waals surface area contributed by atoms with Crippen molar-refractivity contribution >= 4 is 34.6 Å². The molecule has 0 fully saturated rings. The SMILES string of the molecule is CCC(=O)NCc1sc(C(C)(C)C)cc1NC(=O)Nc1ccc(C)cc1. The molecule has 3 N–H and O–H groups in total. The molecular weight excluding hydrogens is 346 g/mol. The number of hydrogen-bond acceptors (Lipinski definition) is 3. The van der Waals surface area contributed by atoms with E-state index in [0.717, 1.165) is 26.7 Å². The third-order valence-electron chi connectivity index (χ3n) is 3.87. The molecule has 1 heterocycles. The van der Waals surface area contributed by atoms with Crippen LogP contribution in [0.3, 0.4) is 0 Å². The van der Waals surface area contributed by atoms with Gasteiger partial charge in [0.25, 0.3) is 0 Å². The Morgan fingerprint density at radius 2 is 1.73 bits per heavy atom. The van der Waals surface area contributed by atoms with Gasteiger partial charge in [0.15, 0.2) is 0 Å². The number of nitrogens with one attached hydrogen (secondary N) is 3. The average Bonchev–Trinajstić information content (AvgIpc) is 2.97. The fourth-order valence-electron chi connectivity index (χ4n) is 2.26. The first kappa shape index (κ1) is 20.0. The summed E-state index contributed by atoms with van der Waals surface area (Å²) in [6.07, 6.45) is 0.439. The molecule has 0 aliphatic carbocycles. The lowest BCUT2D eigenvalue weighted by molar-refractivity contribution is -0.120. The summed E-state index contributed by atoms with van der Waals surface area (Å²) < 4.78 is 0. The van der Waals surface area contributed by atoms with E-state index >= 15 is 0 Å². The van der Waals surface area contributed by atoms with Gasteiger partial charge in [0.1, 0.15) is 0 Å². The second-order valence-electron chi connectivity index (χ2n) is 7.27. The Kier molecular flexibility index (Phi) is 6.42. The summed E-state index contributed by atoms with van der Waals surface area (Å²) in [4.78, 5) is 26.0. The predicted octanol–water partition coefficient (Wildman–Crippen LogP) is 5.02. The molecule has 3 amide bonds. The molecule has 0 saturated heterocycles. The lowest BCUT2D eigenvalue weighted by atomic mass is 9.94. The summed E-state index contributed by atoms with van der Waals surface area (Å²) in [5.41, 5.74) is 2.58. The van der Waals surface area contributed by atoms with Gasteiger partial charge in [0, 0.05) is 21.9 Å². The molecule has 5 nitrogen and oxygen atoms in total. The summed E-state index contributed by atoms with van der Waals surface area (Å²) in [6, 6.07) is 9.33. The minimum absolute atomic E-state index is 0.00855. The first-order chi connectivity index (χ1) is 12.2. The van der Waals surface area contributed by atoms with Crippen molar-refractivity contribution in [2.24, 2.45) is 0 Å². The molecule has 0 spiro atoms. The van der Waals surface area contributed by atoms with Crippen molar-refractivity contribution in [3.05, 3.63) is 45.6 Å². The molecule has 26 heavy (non-hydrogen) atoms. The Bertz CT molecular complexity index is 773. The van der Waals surface area contributed by atoms with Gasteiger partial charge in [-0.05, 0) is 30.5 Å². The third kappa shape index (κ3) is 5.59. The molecule has 0 aliphatic heterocycles. The zero-order valence-electron chi connectivity index (χ0n) is 16.0. The zero-order valence-corrected chi connectivity index (χ0v) is 16.8. The Labute approximate surface area is 159 Å². The highest BCUT2D eigenvalue weighted by molar-refractivity contribution is 7.12. The van der Waals surface area contributed by atoms with Gasteiger partial charge in [-0.2, -0.15) is 0 Å². The fourth-order valence-corrected chi connectivity index (χ4v) is 3.37. The lowest BCUT2D eigenvalue weighted by Crippen LogP contribution is -2.23. The second kappa shape index (κ2) is 8.36. The number of anilines is 2. The maximum absolute atomic E-state index is 12.4. The number of hydrogen-bond donors (Lipinski definition) is 3. The number of carbonyl (C=O) groups excluding carboxylic acids is 2. The van der Waals surface area contributed by atoms with E-state index in [1.165, 1.54) is 0 Å². The van der Waals surface area contributed by atoms with E-state index in [0.29, 0.717) is 13.0 Å². The molecule has 0 unspecified atom stereocenters. The largest absolute Gasteiger partial charge is 0.351 e. The smallest absolute Gasteiger partial charge is 0.323 e. The van der Waals surface area contributed by atoms with Crippen molar-refractivity contribution in [3.63, 3.8) is 0 Å². The van der Waals surface area contributed by atoms with Gasteiger partial charge >= 0.3 is 6.03 Å². The van der Waals surface area contributed by atoms with Gasteiger partial charge in [-0.1, -0.05) is 45.4 Å². The van der Waals surface area contributed by atoms with Crippen LogP contribution in [0, 0.1) is 6.92 Å². The van der Waals surface area contributed by atoms with Gasteiger partial charge in [-0.25, -0.2) is 4.79 Å². The molecule has 0 aliphatic rings. The summed E-state index contributed by atoms with van der Waals surface area (Å²) in [7, 11) is 0. The Morgan fingerprint density at radius 1 is 1.08 bits per heavy atom. The molecule has 6 heteroatoms. The highest BCUT2D eigenvalue weighted by Gasteiger charge is 2.21. The van der Waals surface area contributed by atoms with Crippen LogP contribution >= 0.6 is 11.3 Å². The Morgan fingerprint density at radius 3 is 2.31 bits per heavy atom. The van der Waals surface area contributed by atoms with Crippen LogP contribution in [0.15, 0.2) is 30.3 Å². The topological polar surface area (TPSA) is 70.2 Å². The number of rotatable bonds is 5. The summed E-state index contributed by atoms with van der Waals surface area (Å²) in [5.74, 6) is -0.00855. The maximum Gasteiger partial charge on any atom is 0.323 e. The quantitative estimate of drug-likeness (QED) is 0.688. The van der Waals surface area contributed by atoms with Crippen molar-refractivity contribution in [1.82, 2.24) is 5.32 Å². The third-order valence-corrected chi connectivity index (χ3v) is 5.43. The second-order valence-corrected chi connectivity index (χ2v) is 8.41. The van der Waals surface area contributed by atoms with Crippen molar-refractivity contribution in [3.8, 4) is 0 Å². The molecule has 0 saturated carbocycles. The molecular formula is C20H27N3O2S. The number of thiophene rings is 1. The molecule has 1 aromatic heterocycles. The molecule has 2 aromatic rings. The maximum atomic E-state index is 12.4. The van der Waals surface area contributed by atoms with E-state index in [4.69, 9.17) is 0 Å². The molecule has 0 bridgehead atoms. The van der Waals surface area contributed by atoms with E-state index in [-0.39, 0.29) is 17.4 Å². The highest BCUT2D eigenvalue weighted by atomic mass is 32.1. The van der Waals surface area contributed by atoms with Crippen molar-refractivity contribution < 1.29 is 9.59 Å². The van der Waals surface area contributed by atoms with Gasteiger partial charge in [0.05, 0.1) is 12.2 Å². The first-order valence-electron chi connectivity index (χ1n) is 8.73. The summed E-state index contributed by atoms with van der Waals surface area (Å²) in [5, 5.41) is 8.64. The van der Waals surface area contributed by atoms with Crippen LogP contribution in [0.25, 0.3) is 0 Å². The van der Waals surface area contributed by atoms with Gasteiger partial charge in [-0.3, -0.25) is 4.79 Å². The number of amides is 3. The number of aryl methyl sites for hydroxylation is 1. The van der Waals surface area contributed by atoms with E-state index in [1.807, 2.05) is 44.2 Å². The van der Waals surface area contributed by atoms with Crippen LogP contribution in [0.5, 0.6) is 0 Å². The monoisotopic (exact) mass is 373 g/mol. The normalized spacial score (nSPS) is 11.1. The summed E-state index contributed by atoms with van der Waals surface area (Å²) in [6.45, 7) is 10.6. The fraction of sp³-hybridized carbons (Fsp3) is 0.400. The Balaban J connectivity index is 2.14. The van der Waals surface area contributed by atoms with Crippen LogP contribution in [-0.4, -0.2) is 11.9 Å². The average molecular weight is 374 g/mol. The lowest BCUT2D eigenvalue weighted by Gasteiger charge is -2.15. The summed E-state index contributed by atoms with van der Waals surface area (Å²) >= 11 is 1.61. The van der Waals surface area contributed by atoms with E-state index < -0.39 is 0 Å². The van der Waals surface area contributed by atoms with E-state index in [2.05, 4.69) is 36.7 Å². The molecule has 1 aromatic carbocycles.